The Hall–Kier alpha value is -6.29. The number of ketones is 1. The largest absolute Gasteiger partial charge is 0.457 e. The fourth-order valence-electron chi connectivity index (χ4n) is 5.73. The van der Waals surface area contributed by atoms with Gasteiger partial charge in [0.15, 0.2) is 12.4 Å². The van der Waals surface area contributed by atoms with Crippen LogP contribution in [0, 0.1) is 16.0 Å². The maximum absolute atomic E-state index is 12.8. The second-order valence-corrected chi connectivity index (χ2v) is 12.4. The van der Waals surface area contributed by atoms with Crippen LogP contribution < -0.4 is 14.4 Å². The molecule has 6 rings (SSSR count). The van der Waals surface area contributed by atoms with E-state index in [9.17, 15) is 24.5 Å². The molecular formula is C40H34N2O8. The minimum absolute atomic E-state index is 0.0222. The molecule has 0 bridgehead atoms. The molecule has 0 spiro atoms. The second kappa shape index (κ2) is 14.4. The first-order chi connectivity index (χ1) is 24.1. The summed E-state index contributed by atoms with van der Waals surface area (Å²) in [4.78, 5) is 50.2. The van der Waals surface area contributed by atoms with Gasteiger partial charge in [-0.1, -0.05) is 56.3 Å². The predicted molar refractivity (Wildman–Crippen MR) is 187 cm³/mol. The molecule has 1 aliphatic heterocycles. The smallest absolute Gasteiger partial charge is 0.311 e. The van der Waals surface area contributed by atoms with Crippen molar-refractivity contribution in [1.29, 1.82) is 0 Å². The number of esters is 1. The highest BCUT2D eigenvalue weighted by Gasteiger charge is 2.36. The molecule has 1 saturated heterocycles. The quantitative estimate of drug-likeness (QED) is 0.0562. The van der Waals surface area contributed by atoms with Gasteiger partial charge < -0.3 is 19.1 Å². The Morgan fingerprint density at radius 1 is 0.740 bits per heavy atom. The fourth-order valence-corrected chi connectivity index (χ4v) is 5.73. The zero-order valence-electron chi connectivity index (χ0n) is 27.5. The molecule has 0 aromatic heterocycles. The van der Waals surface area contributed by atoms with Crippen LogP contribution in [-0.4, -0.2) is 35.7 Å². The Kier molecular flexibility index (Phi) is 9.71. The molecule has 5 aromatic carbocycles. The normalized spacial score (nSPS) is 14.2. The van der Waals surface area contributed by atoms with Gasteiger partial charge in [-0.25, -0.2) is 0 Å². The van der Waals surface area contributed by atoms with Gasteiger partial charge in [0.2, 0.25) is 5.91 Å². The molecule has 1 amide bonds. The molecule has 10 heteroatoms. The predicted octanol–water partition coefficient (Wildman–Crippen LogP) is 8.28. The van der Waals surface area contributed by atoms with Gasteiger partial charge in [0.1, 0.15) is 23.0 Å². The molecule has 1 atom stereocenters. The van der Waals surface area contributed by atoms with Crippen LogP contribution in [0.3, 0.4) is 0 Å². The lowest BCUT2D eigenvalue weighted by Gasteiger charge is -2.26. The van der Waals surface area contributed by atoms with E-state index in [0.717, 1.165) is 0 Å². The van der Waals surface area contributed by atoms with E-state index < -0.39 is 29.2 Å². The molecule has 0 aliphatic carbocycles. The van der Waals surface area contributed by atoms with Crippen molar-refractivity contribution in [1.82, 2.24) is 0 Å². The van der Waals surface area contributed by atoms with Crippen molar-refractivity contribution >= 4 is 29.0 Å². The SMILES string of the molecule is CC(C)(c1ccccc1)c1ccc(Oc2ccc(N3C[C@H](C(=O)OCC(=O)c4ccc(Oc5ccc([N+](=O)[O-])cc5)cc4)CC3=O)cc2)cc1. The van der Waals surface area contributed by atoms with Gasteiger partial charge in [-0.3, -0.25) is 24.5 Å². The van der Waals surface area contributed by atoms with Crippen molar-refractivity contribution in [3.63, 3.8) is 0 Å². The number of Topliss-reactive ketones (excluding diaryl/α,β-unsaturated/α-hetero) is 1. The third-order valence-electron chi connectivity index (χ3n) is 8.72. The summed E-state index contributed by atoms with van der Waals surface area (Å²) in [5.74, 6) is 0.168. The van der Waals surface area contributed by atoms with Gasteiger partial charge in [-0.15, -0.1) is 0 Å². The summed E-state index contributed by atoms with van der Waals surface area (Å²) in [6.07, 6.45) is -0.0222. The number of nitrogens with zero attached hydrogens (tertiary/aromatic N) is 2. The first-order valence-electron chi connectivity index (χ1n) is 16.0. The Balaban J connectivity index is 0.982. The Labute approximate surface area is 289 Å². The van der Waals surface area contributed by atoms with E-state index in [2.05, 4.69) is 38.1 Å². The number of hydrogen-bond donors (Lipinski definition) is 0. The van der Waals surface area contributed by atoms with Crippen molar-refractivity contribution < 1.29 is 33.5 Å². The minimum Gasteiger partial charge on any atom is -0.457 e. The summed E-state index contributed by atoms with van der Waals surface area (Å²) in [6, 6.07) is 37.2. The monoisotopic (exact) mass is 670 g/mol. The van der Waals surface area contributed by atoms with Crippen LogP contribution in [-0.2, 0) is 19.7 Å². The maximum Gasteiger partial charge on any atom is 0.311 e. The highest BCUT2D eigenvalue weighted by molar-refractivity contribution is 6.01. The summed E-state index contributed by atoms with van der Waals surface area (Å²) in [6.45, 7) is 4.04. The number of amides is 1. The van der Waals surface area contributed by atoms with Crippen molar-refractivity contribution in [3.8, 4) is 23.0 Å². The van der Waals surface area contributed by atoms with E-state index in [1.54, 1.807) is 36.4 Å². The van der Waals surface area contributed by atoms with Crippen LogP contribution in [0.1, 0.15) is 41.8 Å². The standard InChI is InChI=1S/C40H34N2O8/c1-40(2,29-6-4-3-5-7-29)30-10-18-34(19-11-30)50-35-20-12-31(13-21-35)41-25-28(24-38(41)44)39(45)48-26-37(43)27-8-16-33(17-9-27)49-36-22-14-32(15-23-36)42(46)47/h3-23,28H,24-26H2,1-2H3/t28-/m1/s1. The van der Waals surface area contributed by atoms with Crippen LogP contribution in [0.25, 0.3) is 0 Å². The fraction of sp³-hybridized carbons (Fsp3) is 0.175. The van der Waals surface area contributed by atoms with Crippen LogP contribution >= 0.6 is 0 Å². The second-order valence-electron chi connectivity index (χ2n) is 12.4. The molecule has 1 fully saturated rings. The number of benzene rings is 5. The number of carbonyl (C=O) groups excluding carboxylic acids is 3. The number of nitro benzene ring substituents is 1. The molecule has 252 valence electrons. The topological polar surface area (TPSA) is 125 Å². The summed E-state index contributed by atoms with van der Waals surface area (Å²) in [7, 11) is 0. The van der Waals surface area contributed by atoms with Gasteiger partial charge in [0, 0.05) is 41.8 Å². The average Bonchev–Trinajstić information content (AvgIpc) is 3.53. The van der Waals surface area contributed by atoms with Crippen LogP contribution in [0.2, 0.25) is 0 Å². The molecule has 0 saturated carbocycles. The van der Waals surface area contributed by atoms with Crippen LogP contribution in [0.4, 0.5) is 11.4 Å². The first-order valence-corrected chi connectivity index (χ1v) is 16.0. The molecule has 0 N–H and O–H groups in total. The van der Waals surface area contributed by atoms with E-state index in [0.29, 0.717) is 34.2 Å². The highest BCUT2D eigenvalue weighted by atomic mass is 16.6. The summed E-state index contributed by atoms with van der Waals surface area (Å²) >= 11 is 0. The number of nitro groups is 1. The minimum atomic E-state index is -0.706. The Morgan fingerprint density at radius 2 is 1.24 bits per heavy atom. The molecule has 0 unspecified atom stereocenters. The van der Waals surface area contributed by atoms with Crippen molar-refractivity contribution in [2.75, 3.05) is 18.1 Å². The van der Waals surface area contributed by atoms with E-state index in [4.69, 9.17) is 14.2 Å². The van der Waals surface area contributed by atoms with Crippen molar-refractivity contribution in [3.05, 3.63) is 154 Å². The maximum atomic E-state index is 12.8. The third-order valence-corrected chi connectivity index (χ3v) is 8.72. The van der Waals surface area contributed by atoms with Crippen molar-refractivity contribution in [2.24, 2.45) is 5.92 Å². The average molecular weight is 671 g/mol. The molecule has 1 heterocycles. The number of carbonyl (C=O) groups is 3. The Bertz CT molecular complexity index is 1990. The van der Waals surface area contributed by atoms with E-state index in [1.807, 2.05) is 30.3 Å². The molecule has 5 aromatic rings. The van der Waals surface area contributed by atoms with E-state index in [1.165, 1.54) is 52.4 Å². The molecular weight excluding hydrogens is 636 g/mol. The lowest BCUT2D eigenvalue weighted by molar-refractivity contribution is -0.384. The Morgan fingerprint density at radius 3 is 1.80 bits per heavy atom. The molecule has 50 heavy (non-hydrogen) atoms. The number of hydrogen-bond acceptors (Lipinski definition) is 8. The summed E-state index contributed by atoms with van der Waals surface area (Å²) < 4.78 is 17.0. The van der Waals surface area contributed by atoms with Crippen molar-refractivity contribution in [2.45, 2.75) is 25.7 Å². The lowest BCUT2D eigenvalue weighted by atomic mass is 9.78. The van der Waals surface area contributed by atoms with Crippen LogP contribution in [0.5, 0.6) is 23.0 Å². The number of ether oxygens (including phenoxy) is 3. The van der Waals surface area contributed by atoms with Crippen LogP contribution in [0.15, 0.2) is 127 Å². The summed E-state index contributed by atoms with van der Waals surface area (Å²) in [5, 5.41) is 10.8. The summed E-state index contributed by atoms with van der Waals surface area (Å²) in [5.41, 5.74) is 3.12. The number of non-ortho nitro benzene ring substituents is 1. The number of rotatable bonds is 12. The van der Waals surface area contributed by atoms with Gasteiger partial charge in [-0.2, -0.15) is 0 Å². The van der Waals surface area contributed by atoms with Gasteiger partial charge in [0.25, 0.3) is 5.69 Å². The van der Waals surface area contributed by atoms with Gasteiger partial charge in [-0.05, 0) is 83.9 Å². The van der Waals surface area contributed by atoms with Gasteiger partial charge >= 0.3 is 5.97 Å². The highest BCUT2D eigenvalue weighted by Crippen LogP contribution is 2.34. The number of anilines is 1. The third kappa shape index (κ3) is 7.71. The van der Waals surface area contributed by atoms with E-state index >= 15 is 0 Å². The first kappa shape index (κ1) is 33.6. The molecule has 1 aliphatic rings. The zero-order chi connectivity index (χ0) is 35.3. The molecule has 0 radical (unpaired) electrons. The van der Waals surface area contributed by atoms with Gasteiger partial charge in [0.05, 0.1) is 10.8 Å². The van der Waals surface area contributed by atoms with E-state index in [-0.39, 0.29) is 30.0 Å². The lowest BCUT2D eigenvalue weighted by Crippen LogP contribution is -2.27. The zero-order valence-corrected chi connectivity index (χ0v) is 27.5. The molecule has 10 nitrogen and oxygen atoms in total.